The summed E-state index contributed by atoms with van der Waals surface area (Å²) >= 11 is 0. The van der Waals surface area contributed by atoms with Crippen LogP contribution in [0, 0.1) is 57.9 Å². The summed E-state index contributed by atoms with van der Waals surface area (Å²) in [6.07, 6.45) is 3.50. The Bertz CT molecular complexity index is 395. The Hall–Kier alpha value is 0.0916. The molecule has 18 heavy (non-hydrogen) atoms. The van der Waals surface area contributed by atoms with Gasteiger partial charge in [-0.05, 0) is 31.9 Å². The molecule has 0 aliphatic heterocycles. The van der Waals surface area contributed by atoms with E-state index in [4.69, 9.17) is 5.73 Å². The van der Waals surface area contributed by atoms with Crippen molar-refractivity contribution < 1.29 is 44.1 Å². The Balaban J connectivity index is 0.00000289. The van der Waals surface area contributed by atoms with E-state index in [-0.39, 0.29) is 49.6 Å². The van der Waals surface area contributed by atoms with Gasteiger partial charge in [0.25, 0.3) is 0 Å². The topological polar surface area (TPSA) is 48.2 Å². The third-order valence-corrected chi connectivity index (χ3v) is 2.56. The van der Waals surface area contributed by atoms with Crippen LogP contribution in [0.2, 0.25) is 0 Å². The quantitative estimate of drug-likeness (QED) is 0.518. The van der Waals surface area contributed by atoms with Gasteiger partial charge in [-0.1, -0.05) is 38.0 Å². The van der Waals surface area contributed by atoms with Crippen LogP contribution in [0.4, 0.5) is 5.69 Å². The van der Waals surface area contributed by atoms with Crippen molar-refractivity contribution in [2.45, 2.75) is 46.1 Å². The van der Waals surface area contributed by atoms with Gasteiger partial charge in [-0.2, -0.15) is 5.10 Å². The molecule has 4 heteroatoms. The molecule has 1 aromatic rings. The van der Waals surface area contributed by atoms with Crippen molar-refractivity contribution in [3.05, 3.63) is 35.1 Å². The third kappa shape index (κ3) is 7.51. The van der Waals surface area contributed by atoms with Gasteiger partial charge in [-0.15, -0.1) is 5.54 Å². The molecule has 0 aliphatic rings. The number of hydrazone groups is 1. The van der Waals surface area contributed by atoms with E-state index in [0.717, 1.165) is 18.5 Å². The molecule has 1 rings (SSSR count). The molecule has 2 N–H and O–H groups in total. The van der Waals surface area contributed by atoms with Crippen LogP contribution in [0.25, 0.3) is 5.73 Å². The summed E-state index contributed by atoms with van der Waals surface area (Å²) < 4.78 is 0. The van der Waals surface area contributed by atoms with Crippen LogP contribution in [-0.2, 0) is 0 Å². The van der Waals surface area contributed by atoms with E-state index in [9.17, 15) is 0 Å². The number of aryl methyl sites for hydroxylation is 2. The smallest absolute Gasteiger partial charge is 0.0591 e. The second-order valence-corrected chi connectivity index (χ2v) is 5.16. The number of nitrogens with one attached hydrogen (secondary N) is 2. The molecule has 0 atom stereocenters. The summed E-state index contributed by atoms with van der Waals surface area (Å²) in [6, 6.07) is 6.24. The fourth-order valence-electron chi connectivity index (χ4n) is 1.54. The fourth-order valence-corrected chi connectivity index (χ4v) is 1.54. The minimum atomic E-state index is -0.369. The molecule has 3 nitrogen and oxygen atoms in total. The summed E-state index contributed by atoms with van der Waals surface area (Å²) in [7, 11) is 0. The molecular weight excluding hydrogens is 437 g/mol. The molecule has 0 bridgehead atoms. The summed E-state index contributed by atoms with van der Waals surface area (Å²) in [5, 5.41) is 4.18. The summed E-state index contributed by atoms with van der Waals surface area (Å²) in [6.45, 7) is 7.98. The van der Waals surface area contributed by atoms with Gasteiger partial charge in [0.2, 0.25) is 0 Å². The van der Waals surface area contributed by atoms with Gasteiger partial charge in [0.05, 0.1) is 5.69 Å². The van der Waals surface area contributed by atoms with E-state index in [2.05, 4.69) is 36.5 Å². The summed E-state index contributed by atoms with van der Waals surface area (Å²) in [5.41, 5.74) is 13.9. The van der Waals surface area contributed by atoms with Crippen molar-refractivity contribution in [1.29, 1.82) is 0 Å². The molecule has 0 heterocycles. The minimum Gasteiger partial charge on any atom is -0.672 e. The Labute approximate surface area is 146 Å². The van der Waals surface area contributed by atoms with Crippen molar-refractivity contribution in [1.82, 2.24) is 0 Å². The molecule has 0 spiro atoms. The van der Waals surface area contributed by atoms with Gasteiger partial charge in [-0.3, -0.25) is 5.43 Å². The van der Waals surface area contributed by atoms with Crippen LogP contribution in [0.5, 0.6) is 0 Å². The molecule has 0 saturated heterocycles. The van der Waals surface area contributed by atoms with Gasteiger partial charge in [0, 0.05) is 50.3 Å². The zero-order valence-electron chi connectivity index (χ0n) is 11.7. The fraction of sp³-hybridized carbons (Fsp3) is 0.500. The van der Waals surface area contributed by atoms with E-state index < -0.39 is 0 Å². The second-order valence-electron chi connectivity index (χ2n) is 5.16. The van der Waals surface area contributed by atoms with E-state index >= 15 is 0 Å². The number of nitrogens with zero attached hydrogens (tertiary/aromatic N) is 1. The van der Waals surface area contributed by atoms with Crippen molar-refractivity contribution in [3.63, 3.8) is 0 Å². The van der Waals surface area contributed by atoms with Crippen molar-refractivity contribution in [2.75, 3.05) is 5.43 Å². The van der Waals surface area contributed by atoms with Gasteiger partial charge in [0.1, 0.15) is 0 Å². The first-order valence-electron chi connectivity index (χ1n) is 5.98. The van der Waals surface area contributed by atoms with E-state index in [1.165, 1.54) is 11.1 Å². The first kappa shape index (κ1) is 18.1. The predicted octanol–water partition coefficient (Wildman–Crippen LogP) is 4.31. The Kier molecular flexibility index (Phi) is 8.34. The molecular formula is C14H22AcN3-. The van der Waals surface area contributed by atoms with E-state index in [1.807, 2.05) is 26.1 Å². The molecule has 0 amide bonds. The maximum atomic E-state index is 7.71. The summed E-state index contributed by atoms with van der Waals surface area (Å²) in [5.74, 6) is 0. The first-order chi connectivity index (χ1) is 7.88. The zero-order chi connectivity index (χ0) is 12.9. The average molecular weight is 459 g/mol. The number of hydrogen-bond acceptors (Lipinski definition) is 2. The normalized spacial score (nSPS) is 11.4. The van der Waals surface area contributed by atoms with Gasteiger partial charge in [0.15, 0.2) is 0 Å². The van der Waals surface area contributed by atoms with Crippen LogP contribution in [0.3, 0.4) is 0 Å². The first-order valence-corrected chi connectivity index (χ1v) is 5.98. The molecule has 0 aliphatic carbocycles. The Morgan fingerprint density at radius 3 is 2.56 bits per heavy atom. The Morgan fingerprint density at radius 2 is 2.00 bits per heavy atom. The molecule has 97 valence electrons. The molecule has 0 saturated carbocycles. The predicted molar refractivity (Wildman–Crippen MR) is 75.7 cm³/mol. The standard InChI is InChI=1S/C14H22N3.Ac/c1-11-6-7-13(12(2)10-11)17-16-9-5-8-14(3,4)15;/h6-7,9-10,15,17H,5,8H2,1-4H3;/q-1;/b16-9+;. The van der Waals surface area contributed by atoms with Crippen LogP contribution in [-0.4, -0.2) is 11.8 Å². The second kappa shape index (κ2) is 8.30. The maximum absolute atomic E-state index is 7.71. The number of rotatable bonds is 5. The van der Waals surface area contributed by atoms with Gasteiger partial charge in [-0.25, -0.2) is 0 Å². The number of benzene rings is 1. The van der Waals surface area contributed by atoms with E-state index in [1.54, 1.807) is 0 Å². The van der Waals surface area contributed by atoms with Crippen LogP contribution in [0.1, 0.15) is 37.8 Å². The van der Waals surface area contributed by atoms with Crippen molar-refractivity contribution >= 4 is 11.9 Å². The SMILES string of the molecule is Cc1ccc(N/N=C/CCC(C)(C)[NH-])c(C)c1.[Ac]. The van der Waals surface area contributed by atoms with E-state index in [0.29, 0.717) is 0 Å². The summed E-state index contributed by atoms with van der Waals surface area (Å²) in [4.78, 5) is 0. The largest absolute Gasteiger partial charge is 0.672 e. The van der Waals surface area contributed by atoms with Crippen molar-refractivity contribution in [3.8, 4) is 0 Å². The van der Waals surface area contributed by atoms with Crippen LogP contribution >= 0.6 is 0 Å². The third-order valence-electron chi connectivity index (χ3n) is 2.56. The average Bonchev–Trinajstić information content (AvgIpc) is 2.18. The Morgan fingerprint density at radius 1 is 1.33 bits per heavy atom. The van der Waals surface area contributed by atoms with Crippen molar-refractivity contribution in [2.24, 2.45) is 5.10 Å². The van der Waals surface area contributed by atoms with Crippen LogP contribution < -0.4 is 5.43 Å². The molecule has 0 unspecified atom stereocenters. The van der Waals surface area contributed by atoms with Gasteiger partial charge >= 0.3 is 0 Å². The molecule has 1 radical (unpaired) electrons. The zero-order valence-corrected chi connectivity index (χ0v) is 16.5. The number of hydrogen-bond donors (Lipinski definition) is 1. The number of anilines is 1. The minimum absolute atomic E-state index is 0. The molecule has 1 aromatic carbocycles. The van der Waals surface area contributed by atoms with Gasteiger partial charge < -0.3 is 5.73 Å². The maximum Gasteiger partial charge on any atom is 0.0591 e. The molecule has 0 aromatic heterocycles. The molecule has 0 fully saturated rings. The van der Waals surface area contributed by atoms with Crippen LogP contribution in [0.15, 0.2) is 23.3 Å². The monoisotopic (exact) mass is 459 g/mol.